The van der Waals surface area contributed by atoms with E-state index in [9.17, 15) is 18.8 Å². The summed E-state index contributed by atoms with van der Waals surface area (Å²) in [5.74, 6) is -1.41. The van der Waals surface area contributed by atoms with Gasteiger partial charge in [-0.2, -0.15) is 0 Å². The van der Waals surface area contributed by atoms with Crippen LogP contribution in [0.2, 0.25) is 0 Å². The summed E-state index contributed by atoms with van der Waals surface area (Å²) in [6.07, 6.45) is 1.63. The number of benzene rings is 3. The van der Waals surface area contributed by atoms with Crippen molar-refractivity contribution in [3.63, 3.8) is 0 Å². The van der Waals surface area contributed by atoms with E-state index < -0.39 is 23.4 Å². The van der Waals surface area contributed by atoms with Crippen LogP contribution in [0.15, 0.2) is 107 Å². The van der Waals surface area contributed by atoms with Crippen LogP contribution in [-0.4, -0.2) is 29.6 Å². The van der Waals surface area contributed by atoms with E-state index in [1.807, 2.05) is 48.5 Å². The van der Waals surface area contributed by atoms with Gasteiger partial charge in [0.1, 0.15) is 10.3 Å². The molecule has 0 saturated carbocycles. The zero-order valence-corrected chi connectivity index (χ0v) is 22.9. The third kappa shape index (κ3) is 4.35. The number of hydrogen-bond acceptors (Lipinski definition) is 6. The van der Waals surface area contributed by atoms with Crippen LogP contribution in [0.25, 0.3) is 11.3 Å². The molecular formula is C32H24FN3O4S. The number of amides is 1. The summed E-state index contributed by atoms with van der Waals surface area (Å²) in [6, 6.07) is 21.1. The monoisotopic (exact) mass is 565 g/mol. The van der Waals surface area contributed by atoms with Gasteiger partial charge in [0.25, 0.3) is 11.5 Å². The zero-order chi connectivity index (χ0) is 28.7. The molecule has 0 saturated heterocycles. The summed E-state index contributed by atoms with van der Waals surface area (Å²) < 4.78 is 21.1. The van der Waals surface area contributed by atoms with Gasteiger partial charge in [0.2, 0.25) is 0 Å². The number of aromatic nitrogens is 1. The Morgan fingerprint density at radius 3 is 2.46 bits per heavy atom. The Labute approximate surface area is 238 Å². The first-order valence-electron chi connectivity index (χ1n) is 13.0. The lowest BCUT2D eigenvalue weighted by molar-refractivity contribution is -0.138. The Balaban J connectivity index is 1.71. The van der Waals surface area contributed by atoms with E-state index >= 15 is 0 Å². The molecule has 2 aliphatic heterocycles. The fourth-order valence-corrected chi connectivity index (χ4v) is 6.35. The number of esters is 1. The number of thiazole rings is 1. The molecule has 4 aromatic rings. The molecule has 1 amide bonds. The number of rotatable bonds is 6. The summed E-state index contributed by atoms with van der Waals surface area (Å²) >= 11 is 1.09. The molecule has 0 N–H and O–H groups in total. The highest BCUT2D eigenvalue weighted by Gasteiger charge is 2.38. The van der Waals surface area contributed by atoms with Gasteiger partial charge in [-0.05, 0) is 30.7 Å². The number of halogens is 1. The van der Waals surface area contributed by atoms with Crippen molar-refractivity contribution in [2.24, 2.45) is 4.99 Å². The SMILES string of the molecule is C=CCN1C(=O)/C(=c2/sc3n(c2=O)[C@@H](c2ccc(F)cc2)C(C(=O)OCC)=C(c2ccccc2)N=3)c2ccccc21. The maximum absolute atomic E-state index is 14.3. The van der Waals surface area contributed by atoms with Crippen LogP contribution in [0.5, 0.6) is 0 Å². The van der Waals surface area contributed by atoms with Crippen molar-refractivity contribution >= 4 is 40.2 Å². The van der Waals surface area contributed by atoms with Gasteiger partial charge < -0.3 is 9.64 Å². The molecule has 6 rings (SSSR count). The Morgan fingerprint density at radius 1 is 1.05 bits per heavy atom. The van der Waals surface area contributed by atoms with Crippen LogP contribution in [0.4, 0.5) is 10.1 Å². The molecule has 0 aliphatic carbocycles. The molecule has 3 heterocycles. The standard InChI is InChI=1S/C32H24FN3O4S/c1-3-18-35-23-13-9-8-12-22(23)24(29(35)37)28-30(38)36-27(20-14-16-21(33)17-15-20)25(31(39)40-4-2)26(34-32(36)41-28)19-10-6-5-7-11-19/h3,5-17,27H,1,4,18H2,2H3/b28-24+/t27-/m0/s1. The van der Waals surface area contributed by atoms with Gasteiger partial charge >= 0.3 is 5.97 Å². The normalized spacial score (nSPS) is 17.2. The van der Waals surface area contributed by atoms with Crippen LogP contribution >= 0.6 is 11.3 Å². The van der Waals surface area contributed by atoms with Crippen molar-refractivity contribution in [1.29, 1.82) is 0 Å². The van der Waals surface area contributed by atoms with Gasteiger partial charge in [0.15, 0.2) is 4.80 Å². The molecule has 0 fully saturated rings. The smallest absolute Gasteiger partial charge is 0.338 e. The summed E-state index contributed by atoms with van der Waals surface area (Å²) in [7, 11) is 0. The van der Waals surface area contributed by atoms with Gasteiger partial charge in [0.05, 0.1) is 35.2 Å². The minimum atomic E-state index is -0.966. The lowest BCUT2D eigenvalue weighted by Crippen LogP contribution is -2.41. The number of anilines is 1. The van der Waals surface area contributed by atoms with Crippen molar-refractivity contribution in [2.75, 3.05) is 18.1 Å². The molecular weight excluding hydrogens is 541 g/mol. The molecule has 1 atom stereocenters. The van der Waals surface area contributed by atoms with Gasteiger partial charge in [0, 0.05) is 17.7 Å². The predicted octanol–water partition coefficient (Wildman–Crippen LogP) is 3.98. The highest BCUT2D eigenvalue weighted by atomic mass is 32.1. The average Bonchev–Trinajstić information content (AvgIpc) is 3.46. The van der Waals surface area contributed by atoms with E-state index in [1.54, 1.807) is 24.0 Å². The van der Waals surface area contributed by atoms with E-state index in [4.69, 9.17) is 9.73 Å². The highest BCUT2D eigenvalue weighted by Crippen LogP contribution is 2.37. The predicted molar refractivity (Wildman–Crippen MR) is 155 cm³/mol. The maximum Gasteiger partial charge on any atom is 0.338 e. The Morgan fingerprint density at radius 2 is 1.76 bits per heavy atom. The number of ether oxygens (including phenoxy) is 1. The third-order valence-electron chi connectivity index (χ3n) is 7.00. The number of nitrogens with zero attached hydrogens (tertiary/aromatic N) is 3. The van der Waals surface area contributed by atoms with E-state index in [-0.39, 0.29) is 34.7 Å². The van der Waals surface area contributed by atoms with Crippen molar-refractivity contribution in [2.45, 2.75) is 13.0 Å². The van der Waals surface area contributed by atoms with E-state index in [0.29, 0.717) is 32.9 Å². The number of carbonyl (C=O) groups excluding carboxylic acids is 2. The quantitative estimate of drug-likeness (QED) is 0.262. The Hall–Kier alpha value is -4.89. The van der Waals surface area contributed by atoms with E-state index in [1.165, 1.54) is 28.8 Å². The van der Waals surface area contributed by atoms with Crippen LogP contribution in [0.1, 0.15) is 29.7 Å². The highest BCUT2D eigenvalue weighted by molar-refractivity contribution is 7.07. The summed E-state index contributed by atoms with van der Waals surface area (Å²) in [6.45, 7) is 5.86. The third-order valence-corrected chi connectivity index (χ3v) is 8.05. The number of carbonyl (C=O) groups is 2. The topological polar surface area (TPSA) is 81.0 Å². The molecule has 0 bridgehead atoms. The molecule has 41 heavy (non-hydrogen) atoms. The first-order valence-corrected chi connectivity index (χ1v) is 13.8. The maximum atomic E-state index is 14.3. The molecule has 0 unspecified atom stereocenters. The van der Waals surface area contributed by atoms with Gasteiger partial charge in [-0.15, -0.1) is 6.58 Å². The van der Waals surface area contributed by atoms with Gasteiger partial charge in [-0.1, -0.05) is 78.1 Å². The van der Waals surface area contributed by atoms with Crippen molar-refractivity contribution < 1.29 is 18.7 Å². The Bertz CT molecular complexity index is 1920. The van der Waals surface area contributed by atoms with Crippen molar-refractivity contribution in [3.8, 4) is 0 Å². The molecule has 3 aromatic carbocycles. The van der Waals surface area contributed by atoms with E-state index in [0.717, 1.165) is 11.3 Å². The summed E-state index contributed by atoms with van der Waals surface area (Å²) in [5.41, 5.74) is 2.77. The van der Waals surface area contributed by atoms with Crippen LogP contribution < -0.4 is 19.8 Å². The van der Waals surface area contributed by atoms with Crippen molar-refractivity contribution in [3.05, 3.63) is 139 Å². The fraction of sp³-hybridized carbons (Fsp3) is 0.125. The second-order valence-corrected chi connectivity index (χ2v) is 10.4. The van der Waals surface area contributed by atoms with E-state index in [2.05, 4.69) is 6.58 Å². The minimum Gasteiger partial charge on any atom is -0.463 e. The summed E-state index contributed by atoms with van der Waals surface area (Å²) in [4.78, 5) is 48.2. The molecule has 2 aliphatic rings. The molecule has 7 nitrogen and oxygen atoms in total. The van der Waals surface area contributed by atoms with Crippen LogP contribution in [0.3, 0.4) is 0 Å². The molecule has 204 valence electrons. The first kappa shape index (κ1) is 26.3. The second-order valence-electron chi connectivity index (χ2n) is 9.40. The average molecular weight is 566 g/mol. The van der Waals surface area contributed by atoms with Crippen LogP contribution in [0, 0.1) is 5.82 Å². The Kier molecular flexibility index (Phi) is 6.80. The first-order chi connectivity index (χ1) is 19.9. The number of para-hydroxylation sites is 1. The minimum absolute atomic E-state index is 0.111. The summed E-state index contributed by atoms with van der Waals surface area (Å²) in [5, 5.41) is 0. The molecule has 0 radical (unpaired) electrons. The lowest BCUT2D eigenvalue weighted by Gasteiger charge is -2.25. The largest absolute Gasteiger partial charge is 0.463 e. The fourth-order valence-electron chi connectivity index (χ4n) is 5.26. The molecule has 1 aromatic heterocycles. The van der Waals surface area contributed by atoms with Gasteiger partial charge in [-0.25, -0.2) is 14.2 Å². The lowest BCUT2D eigenvalue weighted by atomic mass is 9.93. The molecule has 0 spiro atoms. The second kappa shape index (κ2) is 10.6. The van der Waals surface area contributed by atoms with Crippen LogP contribution in [-0.2, 0) is 14.3 Å². The van der Waals surface area contributed by atoms with Crippen molar-refractivity contribution in [1.82, 2.24) is 4.57 Å². The van der Waals surface area contributed by atoms with Gasteiger partial charge in [-0.3, -0.25) is 14.2 Å². The zero-order valence-electron chi connectivity index (χ0n) is 22.0. The number of fused-ring (bicyclic) bond motifs is 2. The molecule has 9 heteroatoms. The number of hydrogen-bond donors (Lipinski definition) is 0.